The minimum atomic E-state index is -0.300. The first-order valence-electron chi connectivity index (χ1n) is 25.5. The molecule has 3 atom stereocenters. The van der Waals surface area contributed by atoms with Gasteiger partial charge in [0, 0.05) is 50.1 Å². The quantitative estimate of drug-likeness (QED) is 0.0448. The number of hydrogen-bond donors (Lipinski definition) is 4. The maximum absolute atomic E-state index is 13.4. The Labute approximate surface area is 424 Å². The van der Waals surface area contributed by atoms with Crippen molar-refractivity contribution in [3.8, 4) is 45.5 Å². The van der Waals surface area contributed by atoms with Gasteiger partial charge in [0.1, 0.15) is 23.0 Å². The maximum atomic E-state index is 13.4. The van der Waals surface area contributed by atoms with E-state index in [0.717, 1.165) is 41.8 Å². The molecule has 0 spiro atoms. The largest absolute Gasteiger partial charge is 0.496 e. The molecular formula is C55H86N8O8. The van der Waals surface area contributed by atoms with Crippen LogP contribution in [0.1, 0.15) is 149 Å². The van der Waals surface area contributed by atoms with Crippen LogP contribution in [0.5, 0.6) is 23.0 Å². The first kappa shape index (κ1) is 59.2. The zero-order valence-corrected chi connectivity index (χ0v) is 45.7. The van der Waals surface area contributed by atoms with Crippen molar-refractivity contribution in [2.75, 3.05) is 28.4 Å². The van der Waals surface area contributed by atoms with E-state index >= 15 is 0 Å². The fourth-order valence-corrected chi connectivity index (χ4v) is 8.41. The summed E-state index contributed by atoms with van der Waals surface area (Å²) >= 11 is 0. The number of amides is 4. The zero-order chi connectivity index (χ0) is 52.9. The summed E-state index contributed by atoms with van der Waals surface area (Å²) in [6, 6.07) is 14.3. The lowest BCUT2D eigenvalue weighted by atomic mass is 10.0. The van der Waals surface area contributed by atoms with Gasteiger partial charge in [0.25, 0.3) is 11.8 Å². The van der Waals surface area contributed by atoms with Crippen molar-refractivity contribution >= 4 is 23.6 Å². The number of nitrogens with one attached hydrogen (secondary N) is 4. The number of ether oxygens (including phenoxy) is 4. The van der Waals surface area contributed by atoms with Crippen molar-refractivity contribution in [3.05, 3.63) is 59.9 Å². The van der Waals surface area contributed by atoms with E-state index in [0.29, 0.717) is 84.0 Å². The van der Waals surface area contributed by atoms with Crippen molar-refractivity contribution in [3.63, 3.8) is 0 Å². The second kappa shape index (κ2) is 29.3. The van der Waals surface area contributed by atoms with Gasteiger partial charge >= 0.3 is 0 Å². The van der Waals surface area contributed by atoms with E-state index in [1.807, 2.05) is 73.5 Å². The molecule has 0 saturated heterocycles. The molecule has 0 saturated carbocycles. The predicted octanol–water partition coefficient (Wildman–Crippen LogP) is 9.74. The van der Waals surface area contributed by atoms with Gasteiger partial charge in [-0.25, -0.2) is 0 Å². The molecule has 4 amide bonds. The zero-order valence-electron chi connectivity index (χ0n) is 45.7. The summed E-state index contributed by atoms with van der Waals surface area (Å²) < 4.78 is 26.3. The van der Waals surface area contributed by atoms with E-state index < -0.39 is 0 Å². The Hall–Kier alpha value is -6.06. The van der Waals surface area contributed by atoms with Crippen LogP contribution >= 0.6 is 0 Å². The molecule has 1 unspecified atom stereocenters. The Bertz CT molecular complexity index is 2250. The Balaban J connectivity index is 0.000000375. The van der Waals surface area contributed by atoms with Crippen LogP contribution < -0.4 is 40.2 Å². The first-order valence-corrected chi connectivity index (χ1v) is 25.5. The lowest BCUT2D eigenvalue weighted by Crippen LogP contribution is -2.41. The third-order valence-corrected chi connectivity index (χ3v) is 12.1. The van der Waals surface area contributed by atoms with Crippen molar-refractivity contribution < 1.29 is 38.1 Å². The predicted molar refractivity (Wildman–Crippen MR) is 282 cm³/mol. The van der Waals surface area contributed by atoms with Crippen molar-refractivity contribution in [2.45, 2.75) is 165 Å². The van der Waals surface area contributed by atoms with E-state index in [1.54, 1.807) is 40.6 Å². The summed E-state index contributed by atoms with van der Waals surface area (Å²) in [6.45, 7) is 25.9. The number of nitrogens with zero attached hydrogens (tertiary/aromatic N) is 4. The van der Waals surface area contributed by atoms with E-state index in [1.165, 1.54) is 0 Å². The number of rotatable bonds is 27. The Morgan fingerprint density at radius 2 is 0.873 bits per heavy atom. The highest BCUT2D eigenvalue weighted by Gasteiger charge is 2.27. The van der Waals surface area contributed by atoms with E-state index in [4.69, 9.17) is 24.0 Å². The molecular weight excluding hydrogens is 901 g/mol. The van der Waals surface area contributed by atoms with Gasteiger partial charge in [-0.05, 0) is 101 Å². The molecule has 4 rings (SSSR count). The van der Waals surface area contributed by atoms with E-state index in [9.17, 15) is 19.2 Å². The summed E-state index contributed by atoms with van der Waals surface area (Å²) in [6.07, 6.45) is 4.82. The lowest BCUT2D eigenvalue weighted by Gasteiger charge is -2.20. The third-order valence-electron chi connectivity index (χ3n) is 12.1. The van der Waals surface area contributed by atoms with Crippen molar-refractivity contribution in [2.24, 2.45) is 23.7 Å². The minimum absolute atomic E-state index is 0.0482. The van der Waals surface area contributed by atoms with Gasteiger partial charge in [-0.1, -0.05) is 86.8 Å². The summed E-state index contributed by atoms with van der Waals surface area (Å²) in [5.41, 5.74) is 3.63. The Morgan fingerprint density at radius 3 is 1.17 bits per heavy atom. The number of methoxy groups -OCH3 is 4. The fraction of sp³-hybridized carbons (Fsp3) is 0.600. The van der Waals surface area contributed by atoms with E-state index in [-0.39, 0.29) is 60.6 Å². The van der Waals surface area contributed by atoms with Crippen LogP contribution in [0.2, 0.25) is 0 Å². The molecule has 71 heavy (non-hydrogen) atoms. The Kier molecular flexibility index (Phi) is 24.5. The van der Waals surface area contributed by atoms with Gasteiger partial charge in [-0.15, -0.1) is 0 Å². The van der Waals surface area contributed by atoms with Crippen LogP contribution in [0.4, 0.5) is 0 Å². The number of carbonyl (C=O) groups excluding carboxylic acids is 4. The van der Waals surface area contributed by atoms with Crippen LogP contribution in [-0.2, 0) is 22.7 Å². The molecule has 4 aromatic rings. The summed E-state index contributed by atoms with van der Waals surface area (Å²) in [7, 11) is 6.46. The molecule has 0 aliphatic rings. The minimum Gasteiger partial charge on any atom is -0.496 e. The van der Waals surface area contributed by atoms with Crippen LogP contribution in [0.25, 0.3) is 22.5 Å². The summed E-state index contributed by atoms with van der Waals surface area (Å²) in [5.74, 6) is 3.25. The number of aromatic nitrogens is 4. The molecule has 0 bridgehead atoms. The van der Waals surface area contributed by atoms with Crippen LogP contribution in [0.15, 0.2) is 48.5 Å². The molecule has 2 aromatic carbocycles. The van der Waals surface area contributed by atoms with Gasteiger partial charge in [0.05, 0.1) is 51.0 Å². The van der Waals surface area contributed by atoms with E-state index in [2.05, 4.69) is 81.8 Å². The topological polar surface area (TPSA) is 189 Å². The highest BCUT2D eigenvalue weighted by Crippen LogP contribution is 2.40. The third kappa shape index (κ3) is 18.2. The first-order chi connectivity index (χ1) is 33.7. The monoisotopic (exact) mass is 987 g/mol. The highest BCUT2D eigenvalue weighted by atomic mass is 16.5. The van der Waals surface area contributed by atoms with Gasteiger partial charge in [0.2, 0.25) is 11.8 Å². The molecule has 0 aliphatic carbocycles. The Morgan fingerprint density at radius 1 is 0.521 bits per heavy atom. The van der Waals surface area contributed by atoms with Gasteiger partial charge < -0.3 is 40.2 Å². The number of carbonyl (C=O) groups is 4. The molecule has 16 heteroatoms. The summed E-state index contributed by atoms with van der Waals surface area (Å²) in [5, 5.41) is 21.3. The molecule has 0 fully saturated rings. The summed E-state index contributed by atoms with van der Waals surface area (Å²) in [4.78, 5) is 51.5. The second-order valence-electron chi connectivity index (χ2n) is 19.9. The average Bonchev–Trinajstić information content (AvgIpc) is 3.93. The van der Waals surface area contributed by atoms with Crippen molar-refractivity contribution in [1.82, 2.24) is 40.8 Å². The number of benzene rings is 2. The maximum Gasteiger partial charge on any atom is 0.272 e. The second-order valence-corrected chi connectivity index (χ2v) is 19.9. The van der Waals surface area contributed by atoms with Crippen LogP contribution in [0, 0.1) is 23.7 Å². The molecule has 2 aromatic heterocycles. The number of hydrogen-bond acceptors (Lipinski definition) is 10. The van der Waals surface area contributed by atoms with Crippen molar-refractivity contribution in [1.29, 1.82) is 0 Å². The molecule has 0 aliphatic heterocycles. The normalized spacial score (nSPS) is 12.6. The molecule has 16 nitrogen and oxygen atoms in total. The molecule has 4 N–H and O–H groups in total. The smallest absolute Gasteiger partial charge is 0.272 e. The van der Waals surface area contributed by atoms with Crippen LogP contribution in [0.3, 0.4) is 0 Å². The molecule has 0 radical (unpaired) electrons. The van der Waals surface area contributed by atoms with Gasteiger partial charge in [-0.2, -0.15) is 10.2 Å². The average molecular weight is 987 g/mol. The standard InChI is InChI=1S/C28H44N4O4.C27H42N4O4/c1-9-20(10-2)17-32-23(27-24(35-7)12-11-13-25(27)36-8)16-22(31-32)28(34)30-21(14-18(3)4)15-26(33)29-19(5)6;1-9-19(6)16-31-22(26-23(34-7)11-10-12-24(26)35-8)15-21(30-31)27(33)29-20(13-17(2)3)14-25(32)28-18(4)5/h11-13,16,18-21H,9-10,14-15,17H2,1-8H3,(H,29,33)(H,30,34);10-12,15,17-20H,9,13-14,16H2,1-8H3,(H,28,32)(H,29,33)/t21-;19?,20-/m00/s1. The van der Waals surface area contributed by atoms with Gasteiger partial charge in [0.15, 0.2) is 11.4 Å². The molecule has 2 heterocycles. The van der Waals surface area contributed by atoms with Crippen LogP contribution in [-0.4, -0.2) is 95.8 Å². The highest BCUT2D eigenvalue weighted by molar-refractivity contribution is 5.95. The fourth-order valence-electron chi connectivity index (χ4n) is 8.41. The lowest BCUT2D eigenvalue weighted by molar-refractivity contribution is -0.123. The SMILES string of the molecule is CCC(C)Cn1nc(C(=O)N[C@H](CC(=O)NC(C)C)CC(C)C)cc1-c1c(OC)cccc1OC.CCC(CC)Cn1nc(C(=O)N[C@H](CC(=O)NC(C)C)CC(C)C)cc1-c1c(OC)cccc1OC. The van der Waals surface area contributed by atoms with Gasteiger partial charge in [-0.3, -0.25) is 28.5 Å². The molecule has 394 valence electrons.